The minimum Gasteiger partial charge on any atom is -0.493 e. The first-order valence-corrected chi connectivity index (χ1v) is 12.4. The molecule has 0 saturated carbocycles. The van der Waals surface area contributed by atoms with E-state index in [1.165, 1.54) is 14.2 Å². The minimum absolute atomic E-state index is 0.0376. The summed E-state index contributed by atoms with van der Waals surface area (Å²) in [5, 5.41) is 2.35. The standard InChI is InChI=1S/C28H33NO10/c1-34-21-7-5-17(13-23(21)35-2)11-19-16-38-28(33)20(19)12-18-6-8-22(24(14-18)36-3)39-26(31)10-9-25(30)29-15-27(32)37-4/h5-8,13-14,19-20H,9-12,15-16H2,1-4H3,(H,29,30)/t19-,20+/m0/s1. The second kappa shape index (κ2) is 14.0. The summed E-state index contributed by atoms with van der Waals surface area (Å²) in [6, 6.07) is 10.7. The van der Waals surface area contributed by atoms with Gasteiger partial charge >= 0.3 is 17.9 Å². The van der Waals surface area contributed by atoms with E-state index >= 15 is 0 Å². The van der Waals surface area contributed by atoms with Gasteiger partial charge in [0.15, 0.2) is 23.0 Å². The van der Waals surface area contributed by atoms with Crippen LogP contribution in [0.1, 0.15) is 24.0 Å². The number of nitrogens with one attached hydrogen (secondary N) is 1. The lowest BCUT2D eigenvalue weighted by molar-refractivity contribution is -0.142. The average Bonchev–Trinajstić information content (AvgIpc) is 3.29. The van der Waals surface area contributed by atoms with Crippen LogP contribution in [0.2, 0.25) is 0 Å². The summed E-state index contributed by atoms with van der Waals surface area (Å²) in [4.78, 5) is 47.7. The molecule has 2 aromatic rings. The molecule has 11 nitrogen and oxygen atoms in total. The van der Waals surface area contributed by atoms with Crippen molar-refractivity contribution in [2.45, 2.75) is 25.7 Å². The molecule has 11 heteroatoms. The Balaban J connectivity index is 1.61. The maximum atomic E-state index is 12.6. The molecular formula is C28H33NO10. The van der Waals surface area contributed by atoms with Crippen molar-refractivity contribution in [2.75, 3.05) is 41.6 Å². The normalized spacial score (nSPS) is 16.2. The number of hydrogen-bond acceptors (Lipinski definition) is 10. The molecular weight excluding hydrogens is 510 g/mol. The molecule has 1 N–H and O–H groups in total. The van der Waals surface area contributed by atoms with Gasteiger partial charge in [0.25, 0.3) is 0 Å². The zero-order chi connectivity index (χ0) is 28.4. The molecule has 0 aromatic heterocycles. The van der Waals surface area contributed by atoms with Crippen molar-refractivity contribution in [3.63, 3.8) is 0 Å². The number of rotatable bonds is 13. The van der Waals surface area contributed by atoms with E-state index in [1.54, 1.807) is 32.4 Å². The molecule has 0 aliphatic carbocycles. The second-order valence-electron chi connectivity index (χ2n) is 8.91. The molecule has 0 spiro atoms. The molecule has 0 radical (unpaired) electrons. The highest BCUT2D eigenvalue weighted by Crippen LogP contribution is 2.35. The molecule has 3 rings (SSSR count). The third-order valence-corrected chi connectivity index (χ3v) is 6.38. The third kappa shape index (κ3) is 8.10. The lowest BCUT2D eigenvalue weighted by Crippen LogP contribution is -2.30. The molecule has 1 aliphatic rings. The van der Waals surface area contributed by atoms with Crippen molar-refractivity contribution >= 4 is 23.8 Å². The van der Waals surface area contributed by atoms with Crippen LogP contribution in [-0.2, 0) is 41.5 Å². The maximum Gasteiger partial charge on any atom is 0.325 e. The number of esters is 3. The monoisotopic (exact) mass is 543 g/mol. The zero-order valence-electron chi connectivity index (χ0n) is 22.4. The van der Waals surface area contributed by atoms with E-state index in [1.807, 2.05) is 18.2 Å². The Morgan fingerprint density at radius 1 is 0.821 bits per heavy atom. The minimum atomic E-state index is -0.636. The van der Waals surface area contributed by atoms with Crippen LogP contribution >= 0.6 is 0 Å². The van der Waals surface area contributed by atoms with E-state index in [-0.39, 0.29) is 42.9 Å². The van der Waals surface area contributed by atoms with Gasteiger partial charge in [-0.2, -0.15) is 0 Å². The number of amides is 1. The van der Waals surface area contributed by atoms with Crippen LogP contribution in [0.4, 0.5) is 0 Å². The predicted molar refractivity (Wildman–Crippen MR) is 138 cm³/mol. The van der Waals surface area contributed by atoms with Crippen LogP contribution in [-0.4, -0.2) is 65.4 Å². The summed E-state index contributed by atoms with van der Waals surface area (Å²) in [7, 11) is 5.81. The topological polar surface area (TPSA) is 136 Å². The van der Waals surface area contributed by atoms with Crippen molar-refractivity contribution in [1.29, 1.82) is 0 Å². The number of ether oxygens (including phenoxy) is 6. The van der Waals surface area contributed by atoms with E-state index in [2.05, 4.69) is 10.1 Å². The highest BCUT2D eigenvalue weighted by atomic mass is 16.6. The van der Waals surface area contributed by atoms with Crippen molar-refractivity contribution in [1.82, 2.24) is 5.32 Å². The highest BCUT2D eigenvalue weighted by Gasteiger charge is 2.37. The van der Waals surface area contributed by atoms with E-state index in [4.69, 9.17) is 23.7 Å². The van der Waals surface area contributed by atoms with Crippen molar-refractivity contribution in [3.8, 4) is 23.0 Å². The summed E-state index contributed by atoms with van der Waals surface area (Å²) in [6.07, 6.45) is 0.698. The van der Waals surface area contributed by atoms with Gasteiger partial charge in [0.2, 0.25) is 5.91 Å². The Morgan fingerprint density at radius 2 is 1.44 bits per heavy atom. The molecule has 2 aromatic carbocycles. The van der Waals surface area contributed by atoms with Gasteiger partial charge in [-0.1, -0.05) is 12.1 Å². The van der Waals surface area contributed by atoms with Crippen molar-refractivity contribution in [2.24, 2.45) is 11.8 Å². The van der Waals surface area contributed by atoms with Gasteiger partial charge in [-0.05, 0) is 48.2 Å². The second-order valence-corrected chi connectivity index (χ2v) is 8.91. The van der Waals surface area contributed by atoms with Crippen molar-refractivity contribution < 1.29 is 47.6 Å². The smallest absolute Gasteiger partial charge is 0.325 e. The van der Waals surface area contributed by atoms with Gasteiger partial charge in [-0.3, -0.25) is 19.2 Å². The molecule has 1 heterocycles. The molecule has 1 saturated heterocycles. The predicted octanol–water partition coefficient (Wildman–Crippen LogP) is 2.26. The van der Waals surface area contributed by atoms with Crippen LogP contribution in [0.15, 0.2) is 36.4 Å². The van der Waals surface area contributed by atoms with Crippen LogP contribution in [0.5, 0.6) is 23.0 Å². The molecule has 39 heavy (non-hydrogen) atoms. The molecule has 1 aliphatic heterocycles. The van der Waals surface area contributed by atoms with Crippen LogP contribution in [0, 0.1) is 11.8 Å². The Labute approximate surface area is 226 Å². The first-order valence-electron chi connectivity index (χ1n) is 12.4. The van der Waals surface area contributed by atoms with Gasteiger partial charge in [0, 0.05) is 12.3 Å². The van der Waals surface area contributed by atoms with Gasteiger partial charge in [0.1, 0.15) is 6.54 Å². The summed E-state index contributed by atoms with van der Waals surface area (Å²) >= 11 is 0. The third-order valence-electron chi connectivity index (χ3n) is 6.38. The van der Waals surface area contributed by atoms with Gasteiger partial charge < -0.3 is 33.7 Å². The number of cyclic esters (lactones) is 1. The van der Waals surface area contributed by atoms with Crippen LogP contribution in [0.3, 0.4) is 0 Å². The summed E-state index contributed by atoms with van der Waals surface area (Å²) < 4.78 is 31.3. The van der Waals surface area contributed by atoms with Gasteiger partial charge in [-0.25, -0.2) is 0 Å². The quantitative estimate of drug-likeness (QED) is 0.296. The van der Waals surface area contributed by atoms with Gasteiger partial charge in [-0.15, -0.1) is 0 Å². The lowest BCUT2D eigenvalue weighted by atomic mass is 9.85. The fourth-order valence-electron chi connectivity index (χ4n) is 4.26. The fraction of sp³-hybridized carbons (Fsp3) is 0.429. The summed E-state index contributed by atoms with van der Waals surface area (Å²) in [5.41, 5.74) is 1.81. The van der Waals surface area contributed by atoms with E-state index < -0.39 is 17.8 Å². The van der Waals surface area contributed by atoms with Crippen LogP contribution < -0.4 is 24.3 Å². The summed E-state index contributed by atoms with van der Waals surface area (Å²) in [6.45, 7) is 0.0429. The molecule has 1 fully saturated rings. The van der Waals surface area contributed by atoms with E-state index in [9.17, 15) is 19.2 Å². The SMILES string of the molecule is COC(=O)CNC(=O)CCC(=O)Oc1ccc(C[C@H]2C(=O)OC[C@@H]2Cc2ccc(OC)c(OC)c2)cc1OC. The average molecular weight is 544 g/mol. The number of carbonyl (C=O) groups is 4. The van der Waals surface area contributed by atoms with E-state index in [0.29, 0.717) is 36.7 Å². The van der Waals surface area contributed by atoms with Crippen molar-refractivity contribution in [3.05, 3.63) is 47.5 Å². The zero-order valence-corrected chi connectivity index (χ0v) is 22.4. The van der Waals surface area contributed by atoms with Gasteiger partial charge in [0.05, 0.1) is 47.4 Å². The molecule has 0 unspecified atom stereocenters. The first-order chi connectivity index (χ1) is 18.8. The number of carbonyl (C=O) groups excluding carboxylic acids is 4. The number of hydrogen-bond donors (Lipinski definition) is 1. The fourth-order valence-corrected chi connectivity index (χ4v) is 4.26. The molecule has 210 valence electrons. The Kier molecular flexibility index (Phi) is 10.5. The molecule has 2 atom stereocenters. The molecule has 1 amide bonds. The largest absolute Gasteiger partial charge is 0.493 e. The Bertz CT molecular complexity index is 1190. The molecule has 0 bridgehead atoms. The number of methoxy groups -OCH3 is 4. The van der Waals surface area contributed by atoms with E-state index in [0.717, 1.165) is 11.1 Å². The first kappa shape index (κ1) is 29.3. The number of benzene rings is 2. The Hall–Kier alpha value is -4.28. The van der Waals surface area contributed by atoms with Crippen LogP contribution in [0.25, 0.3) is 0 Å². The lowest BCUT2D eigenvalue weighted by Gasteiger charge is -2.17. The maximum absolute atomic E-state index is 12.6. The summed E-state index contributed by atoms with van der Waals surface area (Å²) in [5.74, 6) is -0.608. The Morgan fingerprint density at radius 3 is 2.08 bits per heavy atom. The highest BCUT2D eigenvalue weighted by molar-refractivity contribution is 5.85.